The predicted molar refractivity (Wildman–Crippen MR) is 98.2 cm³/mol. The summed E-state index contributed by atoms with van der Waals surface area (Å²) in [6, 6.07) is 6.10. The van der Waals surface area contributed by atoms with Crippen molar-refractivity contribution in [3.05, 3.63) is 28.2 Å². The first-order valence-corrected chi connectivity index (χ1v) is 8.61. The third kappa shape index (κ3) is 2.72. The number of hydrogen-bond donors (Lipinski definition) is 1. The van der Waals surface area contributed by atoms with E-state index in [9.17, 15) is 4.79 Å². The summed E-state index contributed by atoms with van der Waals surface area (Å²) in [6.07, 6.45) is 1.53. The number of rotatable bonds is 3. The fraction of sp³-hybridized carbons (Fsp3) is 0.588. The third-order valence-corrected chi connectivity index (χ3v) is 5.89. The van der Waals surface area contributed by atoms with Gasteiger partial charge >= 0.3 is 0 Å². The first kappa shape index (κ1) is 18.7. The molecular formula is C17H24BrClN2O2. The first-order chi connectivity index (χ1) is 10.3. The van der Waals surface area contributed by atoms with Gasteiger partial charge in [0.2, 0.25) is 5.91 Å². The van der Waals surface area contributed by atoms with Crippen LogP contribution in [0.4, 0.5) is 5.69 Å². The molecule has 2 atom stereocenters. The zero-order valence-corrected chi connectivity index (χ0v) is 16.2. The highest BCUT2D eigenvalue weighted by Crippen LogP contribution is 2.51. The van der Waals surface area contributed by atoms with Gasteiger partial charge in [-0.2, -0.15) is 0 Å². The Hall–Kier alpha value is -0.620. The number of ether oxygens (including phenoxy) is 1. The molecule has 0 saturated heterocycles. The third-order valence-electron chi connectivity index (χ3n) is 5.40. The van der Waals surface area contributed by atoms with Gasteiger partial charge in [0.1, 0.15) is 5.54 Å². The lowest BCUT2D eigenvalue weighted by molar-refractivity contribution is -0.168. The molecule has 1 fully saturated rings. The number of carbonyl (C=O) groups is 1. The number of hydrogen-bond acceptors (Lipinski definition) is 3. The molecule has 23 heavy (non-hydrogen) atoms. The van der Waals surface area contributed by atoms with Crippen LogP contribution in [0.15, 0.2) is 22.7 Å². The Balaban J connectivity index is 0.00000192. The molecule has 2 unspecified atom stereocenters. The van der Waals surface area contributed by atoms with Crippen LogP contribution in [0.3, 0.4) is 0 Å². The molecule has 6 heteroatoms. The van der Waals surface area contributed by atoms with Crippen LogP contribution in [0.5, 0.6) is 0 Å². The van der Waals surface area contributed by atoms with E-state index in [4.69, 9.17) is 10.5 Å². The number of fused-ring (bicyclic) bond motifs is 1. The predicted octanol–water partition coefficient (Wildman–Crippen LogP) is 3.29. The number of carbonyl (C=O) groups excluding carboxylic acids is 1. The van der Waals surface area contributed by atoms with Gasteiger partial charge in [0.15, 0.2) is 0 Å². The lowest BCUT2D eigenvalue weighted by Gasteiger charge is -2.58. The van der Waals surface area contributed by atoms with Crippen molar-refractivity contribution in [2.24, 2.45) is 11.1 Å². The van der Waals surface area contributed by atoms with Gasteiger partial charge < -0.3 is 15.4 Å². The summed E-state index contributed by atoms with van der Waals surface area (Å²) >= 11 is 3.49. The van der Waals surface area contributed by atoms with E-state index >= 15 is 0 Å². The quantitative estimate of drug-likeness (QED) is 0.842. The Morgan fingerprint density at radius 3 is 2.78 bits per heavy atom. The number of nitrogens with zero attached hydrogens (tertiary/aromatic N) is 1. The largest absolute Gasteiger partial charge is 0.378 e. The maximum Gasteiger partial charge on any atom is 0.247 e. The van der Waals surface area contributed by atoms with E-state index in [1.54, 1.807) is 0 Å². The van der Waals surface area contributed by atoms with E-state index in [2.05, 4.69) is 22.0 Å². The molecule has 1 heterocycles. The smallest absolute Gasteiger partial charge is 0.247 e. The van der Waals surface area contributed by atoms with E-state index in [1.165, 1.54) is 5.56 Å². The molecule has 1 aromatic rings. The van der Waals surface area contributed by atoms with Crippen LogP contribution in [0, 0.1) is 5.41 Å². The van der Waals surface area contributed by atoms with Crippen LogP contribution in [-0.4, -0.2) is 30.7 Å². The van der Waals surface area contributed by atoms with Crippen molar-refractivity contribution in [1.82, 2.24) is 0 Å². The molecule has 1 aliphatic carbocycles. The van der Waals surface area contributed by atoms with E-state index in [-0.39, 0.29) is 29.8 Å². The minimum absolute atomic E-state index is 0. The number of halogens is 2. The van der Waals surface area contributed by atoms with Crippen molar-refractivity contribution >= 4 is 39.9 Å². The van der Waals surface area contributed by atoms with Gasteiger partial charge in [0, 0.05) is 35.1 Å². The van der Waals surface area contributed by atoms with Crippen LogP contribution in [-0.2, 0) is 16.0 Å². The highest BCUT2D eigenvalue weighted by atomic mass is 79.9. The van der Waals surface area contributed by atoms with Crippen LogP contribution >= 0.6 is 28.3 Å². The Kier molecular flexibility index (Phi) is 5.17. The molecule has 0 aromatic heterocycles. The summed E-state index contributed by atoms with van der Waals surface area (Å²) in [5.74, 6) is 0.0188. The average molecular weight is 404 g/mol. The molecule has 3 rings (SSSR count). The molecule has 0 spiro atoms. The molecule has 1 amide bonds. The normalized spacial score (nSPS) is 27.9. The Labute approximate surface area is 152 Å². The summed E-state index contributed by atoms with van der Waals surface area (Å²) in [5.41, 5.74) is 7.53. The molecule has 1 saturated carbocycles. The molecule has 4 nitrogen and oxygen atoms in total. The Morgan fingerprint density at radius 2 is 2.17 bits per heavy atom. The van der Waals surface area contributed by atoms with Crippen molar-refractivity contribution in [1.29, 1.82) is 0 Å². The number of amides is 1. The van der Waals surface area contributed by atoms with E-state index in [1.807, 2.05) is 37.8 Å². The SMILES string of the molecule is CCOC1CC(N)(C(=O)N2CCc3ccc(Br)cc32)C1(C)C.Cl. The lowest BCUT2D eigenvalue weighted by Crippen LogP contribution is -2.76. The summed E-state index contributed by atoms with van der Waals surface area (Å²) in [5, 5.41) is 0. The summed E-state index contributed by atoms with van der Waals surface area (Å²) in [6.45, 7) is 7.40. The molecule has 1 aliphatic heterocycles. The maximum atomic E-state index is 13.1. The van der Waals surface area contributed by atoms with Crippen LogP contribution in [0.25, 0.3) is 0 Å². The topological polar surface area (TPSA) is 55.6 Å². The molecule has 0 radical (unpaired) electrons. The van der Waals surface area contributed by atoms with E-state index in [0.29, 0.717) is 19.6 Å². The first-order valence-electron chi connectivity index (χ1n) is 7.82. The molecular weight excluding hydrogens is 380 g/mol. The molecule has 1 aromatic carbocycles. The molecule has 128 valence electrons. The monoisotopic (exact) mass is 402 g/mol. The van der Waals surface area contributed by atoms with E-state index in [0.717, 1.165) is 16.6 Å². The Morgan fingerprint density at radius 1 is 1.48 bits per heavy atom. The van der Waals surface area contributed by atoms with Gasteiger partial charge in [-0.25, -0.2) is 0 Å². The van der Waals surface area contributed by atoms with Gasteiger partial charge in [0.25, 0.3) is 0 Å². The van der Waals surface area contributed by atoms with Gasteiger partial charge in [-0.15, -0.1) is 12.4 Å². The molecule has 0 bridgehead atoms. The standard InChI is InChI=1S/C17H23BrN2O2.ClH/c1-4-22-14-10-17(19,16(14,2)3)15(21)20-8-7-11-5-6-12(18)9-13(11)20;/h5-6,9,14H,4,7-8,10,19H2,1-3H3;1H. The highest BCUT2D eigenvalue weighted by molar-refractivity contribution is 9.10. The highest BCUT2D eigenvalue weighted by Gasteiger charge is 2.64. The second-order valence-corrected chi connectivity index (χ2v) is 7.74. The van der Waals surface area contributed by atoms with Crippen molar-refractivity contribution in [2.45, 2.75) is 45.3 Å². The average Bonchev–Trinajstić information content (AvgIpc) is 2.88. The van der Waals surface area contributed by atoms with Crippen LogP contribution in [0.1, 0.15) is 32.8 Å². The number of anilines is 1. The molecule has 2 N–H and O–H groups in total. The molecule has 2 aliphatic rings. The van der Waals surface area contributed by atoms with Crippen molar-refractivity contribution < 1.29 is 9.53 Å². The van der Waals surface area contributed by atoms with Gasteiger partial charge in [-0.1, -0.05) is 35.8 Å². The lowest BCUT2D eigenvalue weighted by atomic mass is 9.54. The minimum atomic E-state index is -0.850. The summed E-state index contributed by atoms with van der Waals surface area (Å²) in [7, 11) is 0. The second-order valence-electron chi connectivity index (χ2n) is 6.82. The van der Waals surface area contributed by atoms with Crippen LogP contribution in [0.2, 0.25) is 0 Å². The van der Waals surface area contributed by atoms with Gasteiger partial charge in [0.05, 0.1) is 6.10 Å². The Bertz CT molecular complexity index is 623. The zero-order valence-electron chi connectivity index (χ0n) is 13.8. The van der Waals surface area contributed by atoms with Crippen LogP contribution < -0.4 is 10.6 Å². The fourth-order valence-electron chi connectivity index (χ4n) is 3.60. The van der Waals surface area contributed by atoms with Crippen molar-refractivity contribution in [3.63, 3.8) is 0 Å². The number of benzene rings is 1. The van der Waals surface area contributed by atoms with E-state index < -0.39 is 5.54 Å². The minimum Gasteiger partial charge on any atom is -0.378 e. The summed E-state index contributed by atoms with van der Waals surface area (Å²) < 4.78 is 6.72. The maximum absolute atomic E-state index is 13.1. The zero-order chi connectivity index (χ0) is 16.1. The second kappa shape index (κ2) is 6.36. The van der Waals surface area contributed by atoms with Gasteiger partial charge in [-0.05, 0) is 31.0 Å². The number of nitrogens with two attached hydrogens (primary N) is 1. The van der Waals surface area contributed by atoms with Crippen molar-refractivity contribution in [3.8, 4) is 0 Å². The summed E-state index contributed by atoms with van der Waals surface area (Å²) in [4.78, 5) is 15.0. The fourth-order valence-corrected chi connectivity index (χ4v) is 3.95. The van der Waals surface area contributed by atoms with Crippen molar-refractivity contribution in [2.75, 3.05) is 18.1 Å². The van der Waals surface area contributed by atoms with Gasteiger partial charge in [-0.3, -0.25) is 4.79 Å².